The van der Waals surface area contributed by atoms with E-state index >= 15 is 0 Å². The minimum Gasteiger partial charge on any atom is -0.481 e. The average molecular weight is 397 g/mol. The summed E-state index contributed by atoms with van der Waals surface area (Å²) in [7, 11) is 1.68. The molecule has 0 aliphatic rings. The van der Waals surface area contributed by atoms with Crippen LogP contribution >= 0.6 is 34.4 Å². The van der Waals surface area contributed by atoms with Gasteiger partial charge in [0.2, 0.25) is 0 Å². The predicted molar refractivity (Wildman–Crippen MR) is 97.4 cm³/mol. The van der Waals surface area contributed by atoms with E-state index in [1.165, 1.54) is 23.1 Å². The largest absolute Gasteiger partial charge is 0.481 e. The Balaban J connectivity index is 1.82. The molecule has 0 amide bonds. The number of ether oxygens (including phenoxy) is 1. The van der Waals surface area contributed by atoms with Crippen molar-refractivity contribution in [3.05, 3.63) is 28.6 Å². The fourth-order valence-electron chi connectivity index (χ4n) is 2.17. The van der Waals surface area contributed by atoms with Gasteiger partial charge in [-0.25, -0.2) is 4.98 Å². The first-order valence-electron chi connectivity index (χ1n) is 7.47. The van der Waals surface area contributed by atoms with Gasteiger partial charge < -0.3 is 14.4 Å². The molecule has 3 heterocycles. The molecule has 25 heavy (non-hydrogen) atoms. The lowest BCUT2D eigenvalue weighted by Gasteiger charge is -2.08. The van der Waals surface area contributed by atoms with Gasteiger partial charge in [0, 0.05) is 25.6 Å². The lowest BCUT2D eigenvalue weighted by Crippen LogP contribution is -2.04. The molecule has 0 radical (unpaired) electrons. The van der Waals surface area contributed by atoms with Crippen molar-refractivity contribution < 1.29 is 14.6 Å². The van der Waals surface area contributed by atoms with Crippen molar-refractivity contribution in [1.82, 2.24) is 19.7 Å². The molecule has 3 aromatic rings. The van der Waals surface area contributed by atoms with Crippen molar-refractivity contribution in [2.24, 2.45) is 0 Å². The van der Waals surface area contributed by atoms with Gasteiger partial charge in [0.15, 0.2) is 15.3 Å². The standard InChI is InChI=1S/C15H16N4O3S3/c1-22-6-3-5-19-13(11-4-2-7-23-11)17-18-14(19)25-15-16-10(9-24-15)8-12(20)21/h2,4,7,9H,3,5-6,8H2,1H3,(H,20,21). The Labute approximate surface area is 156 Å². The molecule has 132 valence electrons. The zero-order chi connectivity index (χ0) is 17.6. The maximum atomic E-state index is 10.8. The summed E-state index contributed by atoms with van der Waals surface area (Å²) in [6, 6.07) is 4.00. The Morgan fingerprint density at radius 1 is 1.40 bits per heavy atom. The number of aliphatic carboxylic acids is 1. The lowest BCUT2D eigenvalue weighted by molar-refractivity contribution is -0.136. The highest BCUT2D eigenvalue weighted by molar-refractivity contribution is 8.00. The van der Waals surface area contributed by atoms with E-state index in [-0.39, 0.29) is 6.42 Å². The Morgan fingerprint density at radius 3 is 3.00 bits per heavy atom. The molecule has 0 bridgehead atoms. The molecule has 3 aromatic heterocycles. The Morgan fingerprint density at radius 2 is 2.28 bits per heavy atom. The van der Waals surface area contributed by atoms with Gasteiger partial charge in [-0.3, -0.25) is 4.79 Å². The van der Waals surface area contributed by atoms with Gasteiger partial charge in [-0.2, -0.15) is 0 Å². The fraction of sp³-hybridized carbons (Fsp3) is 0.333. The van der Waals surface area contributed by atoms with E-state index < -0.39 is 5.97 Å². The monoisotopic (exact) mass is 396 g/mol. The number of methoxy groups -OCH3 is 1. The van der Waals surface area contributed by atoms with Crippen LogP contribution in [0.4, 0.5) is 0 Å². The number of rotatable bonds is 9. The van der Waals surface area contributed by atoms with Crippen molar-refractivity contribution in [2.75, 3.05) is 13.7 Å². The third-order valence-electron chi connectivity index (χ3n) is 3.23. The van der Waals surface area contributed by atoms with Crippen LogP contribution in [0.1, 0.15) is 12.1 Å². The van der Waals surface area contributed by atoms with Crippen molar-refractivity contribution in [2.45, 2.75) is 28.9 Å². The molecule has 0 aliphatic heterocycles. The first kappa shape index (κ1) is 18.1. The van der Waals surface area contributed by atoms with Crippen LogP contribution in [-0.4, -0.2) is 44.5 Å². The third kappa shape index (κ3) is 4.66. The zero-order valence-electron chi connectivity index (χ0n) is 13.4. The van der Waals surface area contributed by atoms with Crippen molar-refractivity contribution in [1.29, 1.82) is 0 Å². The average Bonchev–Trinajstić information content (AvgIpc) is 3.29. The smallest absolute Gasteiger partial charge is 0.309 e. The molecular weight excluding hydrogens is 380 g/mol. The van der Waals surface area contributed by atoms with Crippen LogP contribution in [0, 0.1) is 0 Å². The molecule has 10 heteroatoms. The maximum absolute atomic E-state index is 10.8. The molecule has 1 N–H and O–H groups in total. The second kappa shape index (κ2) is 8.56. The third-order valence-corrected chi connectivity index (χ3v) is 6.07. The minimum atomic E-state index is -0.885. The van der Waals surface area contributed by atoms with Gasteiger partial charge in [-0.15, -0.1) is 32.9 Å². The summed E-state index contributed by atoms with van der Waals surface area (Å²) >= 11 is 4.44. The summed E-state index contributed by atoms with van der Waals surface area (Å²) in [5.41, 5.74) is 0.559. The summed E-state index contributed by atoms with van der Waals surface area (Å²) in [6.07, 6.45) is 0.778. The van der Waals surface area contributed by atoms with Crippen molar-refractivity contribution in [3.8, 4) is 10.7 Å². The van der Waals surface area contributed by atoms with E-state index in [2.05, 4.69) is 19.7 Å². The van der Waals surface area contributed by atoms with Gasteiger partial charge in [-0.05, 0) is 29.6 Å². The molecular formula is C15H16N4O3S3. The lowest BCUT2D eigenvalue weighted by atomic mass is 10.3. The molecule has 0 fully saturated rings. The molecule has 0 aliphatic carbocycles. The summed E-state index contributed by atoms with van der Waals surface area (Å²) in [5, 5.41) is 22.0. The maximum Gasteiger partial charge on any atom is 0.309 e. The highest BCUT2D eigenvalue weighted by Gasteiger charge is 2.17. The predicted octanol–water partition coefficient (Wildman–Crippen LogP) is 3.28. The Bertz CT molecular complexity index is 829. The number of hydrogen-bond donors (Lipinski definition) is 1. The molecule has 7 nitrogen and oxygen atoms in total. The first-order chi connectivity index (χ1) is 12.2. The Kier molecular flexibility index (Phi) is 6.19. The topological polar surface area (TPSA) is 90.1 Å². The van der Waals surface area contributed by atoms with Crippen LogP contribution in [0.3, 0.4) is 0 Å². The van der Waals surface area contributed by atoms with E-state index in [0.717, 1.165) is 33.2 Å². The van der Waals surface area contributed by atoms with E-state index in [1.54, 1.807) is 23.8 Å². The number of nitrogens with zero attached hydrogens (tertiary/aromatic N) is 4. The number of hydrogen-bond acceptors (Lipinski definition) is 8. The summed E-state index contributed by atoms with van der Waals surface area (Å²) in [6.45, 7) is 1.40. The highest BCUT2D eigenvalue weighted by atomic mass is 32.2. The van der Waals surface area contributed by atoms with Crippen LogP contribution in [-0.2, 0) is 22.5 Å². The van der Waals surface area contributed by atoms with E-state index in [1.807, 2.05) is 17.5 Å². The van der Waals surface area contributed by atoms with Crippen LogP contribution in [0.15, 0.2) is 32.4 Å². The number of carboxylic acid groups (broad SMARTS) is 1. The van der Waals surface area contributed by atoms with Crippen LogP contribution < -0.4 is 0 Å². The van der Waals surface area contributed by atoms with Crippen molar-refractivity contribution >= 4 is 40.4 Å². The van der Waals surface area contributed by atoms with Gasteiger partial charge >= 0.3 is 5.97 Å². The number of thiophene rings is 1. The summed E-state index contributed by atoms with van der Waals surface area (Å²) in [4.78, 5) is 16.2. The van der Waals surface area contributed by atoms with Crippen LogP contribution in [0.2, 0.25) is 0 Å². The highest BCUT2D eigenvalue weighted by Crippen LogP contribution is 2.33. The van der Waals surface area contributed by atoms with E-state index in [9.17, 15) is 4.79 Å². The number of aromatic nitrogens is 4. The van der Waals surface area contributed by atoms with Crippen LogP contribution in [0.25, 0.3) is 10.7 Å². The van der Waals surface area contributed by atoms with Gasteiger partial charge in [0.25, 0.3) is 0 Å². The van der Waals surface area contributed by atoms with Crippen molar-refractivity contribution in [3.63, 3.8) is 0 Å². The fourth-order valence-corrected chi connectivity index (χ4v) is 4.68. The molecule has 0 atom stereocenters. The summed E-state index contributed by atoms with van der Waals surface area (Å²) < 4.78 is 7.97. The molecule has 0 saturated heterocycles. The van der Waals surface area contributed by atoms with E-state index in [0.29, 0.717) is 12.3 Å². The summed E-state index contributed by atoms with van der Waals surface area (Å²) in [5.74, 6) is -0.0551. The molecule has 0 aromatic carbocycles. The van der Waals surface area contributed by atoms with Gasteiger partial charge in [-0.1, -0.05) is 6.07 Å². The number of carboxylic acids is 1. The van der Waals surface area contributed by atoms with Crippen LogP contribution in [0.5, 0.6) is 0 Å². The molecule has 3 rings (SSSR count). The number of thiazole rings is 1. The normalized spacial score (nSPS) is 11.1. The first-order valence-corrected chi connectivity index (χ1v) is 10.0. The second-order valence-electron chi connectivity index (χ2n) is 5.06. The minimum absolute atomic E-state index is 0.0714. The van der Waals surface area contributed by atoms with E-state index in [4.69, 9.17) is 9.84 Å². The molecule has 0 saturated carbocycles. The number of carbonyl (C=O) groups is 1. The quantitative estimate of drug-likeness (QED) is 0.555. The SMILES string of the molecule is COCCCn1c(Sc2nc(CC(=O)O)cs2)nnc1-c1cccs1. The molecule has 0 spiro atoms. The second-order valence-corrected chi connectivity index (χ2v) is 8.08. The molecule has 0 unspecified atom stereocenters. The Hall–Kier alpha value is -1.75. The zero-order valence-corrected chi connectivity index (χ0v) is 15.9. The van der Waals surface area contributed by atoms with Gasteiger partial charge in [0.05, 0.1) is 17.0 Å². The van der Waals surface area contributed by atoms with Gasteiger partial charge in [0.1, 0.15) is 0 Å².